The Kier molecular flexibility index (Phi) is 4.57. The van der Waals surface area contributed by atoms with Gasteiger partial charge in [0.15, 0.2) is 5.17 Å². The Hall–Kier alpha value is -1.24. The number of rotatable bonds is 3. The van der Waals surface area contributed by atoms with Gasteiger partial charge in [-0.25, -0.2) is 4.98 Å². The second kappa shape index (κ2) is 6.03. The summed E-state index contributed by atoms with van der Waals surface area (Å²) in [6, 6.07) is 2.62. The molecule has 0 fully saturated rings. The summed E-state index contributed by atoms with van der Waals surface area (Å²) < 4.78 is 37.2. The molecule has 1 aromatic rings. The van der Waals surface area contributed by atoms with Gasteiger partial charge in [0, 0.05) is 5.75 Å². The number of aromatic nitrogens is 1. The maximum atomic E-state index is 12.4. The number of alkyl halides is 3. The van der Waals surface area contributed by atoms with Crippen molar-refractivity contribution in [2.45, 2.75) is 32.5 Å². The summed E-state index contributed by atoms with van der Waals surface area (Å²) >= 11 is 1.59. The topological polar surface area (TPSA) is 37.3 Å². The Morgan fingerprint density at radius 2 is 2.15 bits per heavy atom. The van der Waals surface area contributed by atoms with Gasteiger partial charge in [-0.1, -0.05) is 25.6 Å². The maximum Gasteiger partial charge on any atom is 0.433 e. The lowest BCUT2D eigenvalue weighted by atomic mass is 10.1. The summed E-state index contributed by atoms with van der Waals surface area (Å²) in [5, 5.41) is 3.75. The fourth-order valence-corrected chi connectivity index (χ4v) is 2.88. The van der Waals surface area contributed by atoms with Crippen LogP contribution in [-0.4, -0.2) is 21.9 Å². The Morgan fingerprint density at radius 3 is 2.70 bits per heavy atom. The number of anilines is 1. The fourth-order valence-electron chi connectivity index (χ4n) is 1.91. The van der Waals surface area contributed by atoms with Crippen molar-refractivity contribution in [1.29, 1.82) is 0 Å². The van der Waals surface area contributed by atoms with Gasteiger partial charge >= 0.3 is 6.18 Å². The second-order valence-electron chi connectivity index (χ2n) is 5.08. The second-order valence-corrected chi connectivity index (χ2v) is 6.09. The third-order valence-electron chi connectivity index (χ3n) is 2.76. The molecular weight excluding hydrogens is 287 g/mol. The molecule has 110 valence electrons. The van der Waals surface area contributed by atoms with E-state index >= 15 is 0 Å². The van der Waals surface area contributed by atoms with Crippen LogP contribution in [0.5, 0.6) is 0 Å². The zero-order chi connectivity index (χ0) is 14.8. The van der Waals surface area contributed by atoms with Crippen LogP contribution in [0.25, 0.3) is 0 Å². The Labute approximate surface area is 120 Å². The average Bonchev–Trinajstić information content (AvgIpc) is 2.75. The van der Waals surface area contributed by atoms with E-state index in [0.29, 0.717) is 11.6 Å². The molecule has 7 heteroatoms. The zero-order valence-electron chi connectivity index (χ0n) is 11.2. The van der Waals surface area contributed by atoms with Crippen LogP contribution in [0.1, 0.15) is 26.0 Å². The summed E-state index contributed by atoms with van der Waals surface area (Å²) in [6.07, 6.45) is -2.20. The first kappa shape index (κ1) is 15.2. The summed E-state index contributed by atoms with van der Waals surface area (Å²) in [6.45, 7) is 4.29. The quantitative estimate of drug-likeness (QED) is 0.916. The highest BCUT2D eigenvalue weighted by atomic mass is 32.2. The Balaban J connectivity index is 1.97. The average molecular weight is 303 g/mol. The summed E-state index contributed by atoms with van der Waals surface area (Å²) in [5.74, 6) is 1.49. The molecule has 1 aromatic heterocycles. The van der Waals surface area contributed by atoms with E-state index in [2.05, 4.69) is 29.1 Å². The lowest BCUT2D eigenvalue weighted by Crippen LogP contribution is -2.10. The van der Waals surface area contributed by atoms with Crippen LogP contribution in [0.3, 0.4) is 0 Å². The first-order chi connectivity index (χ1) is 9.34. The van der Waals surface area contributed by atoms with E-state index in [1.165, 1.54) is 12.3 Å². The SMILES string of the molecule is CC(C)CC1CSC(Nc2ccc(C(F)(F)F)nc2)=N1. The van der Waals surface area contributed by atoms with Gasteiger partial charge in [0.25, 0.3) is 0 Å². The number of amidine groups is 1. The minimum atomic E-state index is -4.40. The van der Waals surface area contributed by atoms with E-state index in [-0.39, 0.29) is 6.04 Å². The molecule has 0 saturated carbocycles. The molecule has 1 unspecified atom stereocenters. The zero-order valence-corrected chi connectivity index (χ0v) is 12.1. The van der Waals surface area contributed by atoms with Crippen LogP contribution in [0, 0.1) is 5.92 Å². The molecule has 1 aliphatic heterocycles. The highest BCUT2D eigenvalue weighted by Gasteiger charge is 2.32. The van der Waals surface area contributed by atoms with E-state index in [1.807, 2.05) is 0 Å². The minimum Gasteiger partial charge on any atom is -0.334 e. The molecule has 20 heavy (non-hydrogen) atoms. The van der Waals surface area contributed by atoms with E-state index < -0.39 is 11.9 Å². The molecule has 0 radical (unpaired) electrons. The van der Waals surface area contributed by atoms with Crippen molar-refractivity contribution in [2.24, 2.45) is 10.9 Å². The predicted octanol–water partition coefficient (Wildman–Crippen LogP) is 4.03. The molecular formula is C13H16F3N3S. The van der Waals surface area contributed by atoms with Crippen LogP contribution in [0.15, 0.2) is 23.3 Å². The van der Waals surface area contributed by atoms with Crippen LogP contribution in [0.4, 0.5) is 18.9 Å². The van der Waals surface area contributed by atoms with Crippen LogP contribution in [-0.2, 0) is 6.18 Å². The first-order valence-corrected chi connectivity index (χ1v) is 7.34. The van der Waals surface area contributed by atoms with E-state index in [4.69, 9.17) is 0 Å². The number of nitrogens with one attached hydrogen (secondary N) is 1. The molecule has 3 nitrogen and oxygen atoms in total. The molecule has 1 N–H and O–H groups in total. The number of hydrogen-bond donors (Lipinski definition) is 1. The van der Waals surface area contributed by atoms with Crippen LogP contribution in [0.2, 0.25) is 0 Å². The molecule has 0 bridgehead atoms. The third-order valence-corrected chi connectivity index (χ3v) is 3.79. The molecule has 2 rings (SSSR count). The van der Waals surface area contributed by atoms with Crippen molar-refractivity contribution in [3.8, 4) is 0 Å². The van der Waals surface area contributed by atoms with E-state index in [9.17, 15) is 13.2 Å². The lowest BCUT2D eigenvalue weighted by molar-refractivity contribution is -0.141. The molecule has 2 heterocycles. The van der Waals surface area contributed by atoms with Crippen molar-refractivity contribution < 1.29 is 13.2 Å². The Morgan fingerprint density at radius 1 is 1.40 bits per heavy atom. The molecule has 0 saturated heterocycles. The highest BCUT2D eigenvalue weighted by Crippen LogP contribution is 2.28. The van der Waals surface area contributed by atoms with Crippen molar-refractivity contribution in [2.75, 3.05) is 11.1 Å². The van der Waals surface area contributed by atoms with Gasteiger partial charge in [0.1, 0.15) is 5.69 Å². The molecule has 0 amide bonds. The fraction of sp³-hybridized carbons (Fsp3) is 0.538. The van der Waals surface area contributed by atoms with Gasteiger partial charge in [-0.15, -0.1) is 0 Å². The summed E-state index contributed by atoms with van der Waals surface area (Å²) in [4.78, 5) is 7.92. The highest BCUT2D eigenvalue weighted by molar-refractivity contribution is 8.14. The van der Waals surface area contributed by atoms with Crippen LogP contribution >= 0.6 is 11.8 Å². The van der Waals surface area contributed by atoms with Crippen molar-refractivity contribution in [3.63, 3.8) is 0 Å². The number of halogens is 3. The molecule has 1 atom stereocenters. The van der Waals surface area contributed by atoms with Crippen molar-refractivity contribution >= 4 is 22.6 Å². The van der Waals surface area contributed by atoms with E-state index in [1.54, 1.807) is 11.8 Å². The van der Waals surface area contributed by atoms with Crippen molar-refractivity contribution in [3.05, 3.63) is 24.0 Å². The van der Waals surface area contributed by atoms with Crippen LogP contribution < -0.4 is 5.32 Å². The molecule has 0 aliphatic carbocycles. The number of pyridine rings is 1. The minimum absolute atomic E-state index is 0.282. The summed E-state index contributed by atoms with van der Waals surface area (Å²) in [5.41, 5.74) is -0.365. The van der Waals surface area contributed by atoms with E-state index in [0.717, 1.165) is 23.4 Å². The lowest BCUT2D eigenvalue weighted by Gasteiger charge is -2.08. The maximum absolute atomic E-state index is 12.4. The normalized spacial score (nSPS) is 19.3. The monoisotopic (exact) mass is 303 g/mol. The largest absolute Gasteiger partial charge is 0.433 e. The van der Waals surface area contributed by atoms with Gasteiger partial charge in [-0.2, -0.15) is 13.2 Å². The van der Waals surface area contributed by atoms with Gasteiger partial charge in [0.05, 0.1) is 17.9 Å². The molecule has 0 spiro atoms. The predicted molar refractivity (Wildman–Crippen MR) is 76.0 cm³/mol. The Bertz CT molecular complexity index is 483. The molecule has 1 aliphatic rings. The third kappa shape index (κ3) is 4.13. The summed E-state index contributed by atoms with van der Waals surface area (Å²) in [7, 11) is 0. The number of hydrogen-bond acceptors (Lipinski definition) is 4. The first-order valence-electron chi connectivity index (χ1n) is 6.35. The smallest absolute Gasteiger partial charge is 0.334 e. The number of aliphatic imine (C=N–C) groups is 1. The number of nitrogens with zero attached hydrogens (tertiary/aromatic N) is 2. The van der Waals surface area contributed by atoms with Gasteiger partial charge in [-0.05, 0) is 24.5 Å². The van der Waals surface area contributed by atoms with Gasteiger partial charge < -0.3 is 5.32 Å². The van der Waals surface area contributed by atoms with Crippen molar-refractivity contribution in [1.82, 2.24) is 4.98 Å². The molecule has 0 aromatic carbocycles. The van der Waals surface area contributed by atoms with Gasteiger partial charge in [0.2, 0.25) is 0 Å². The standard InChI is InChI=1S/C13H16F3N3S/c1-8(2)5-10-7-20-12(19-10)18-9-3-4-11(17-6-9)13(14,15)16/h3-4,6,8,10H,5,7H2,1-2H3,(H,18,19). The van der Waals surface area contributed by atoms with Gasteiger partial charge in [-0.3, -0.25) is 4.99 Å². The number of thioether (sulfide) groups is 1.